The molecule has 0 radical (unpaired) electrons. The number of thiophene rings is 1. The zero-order chi connectivity index (χ0) is 30.3. The summed E-state index contributed by atoms with van der Waals surface area (Å²) in [7, 11) is 1.36. The van der Waals surface area contributed by atoms with Crippen molar-refractivity contribution in [3.63, 3.8) is 0 Å². The molecule has 3 unspecified atom stereocenters. The van der Waals surface area contributed by atoms with Gasteiger partial charge in [-0.2, -0.15) is 0 Å². The molecule has 1 heterocycles. The molecule has 2 aromatic carbocycles. The van der Waals surface area contributed by atoms with E-state index in [1.165, 1.54) is 30.2 Å². The molecule has 2 amide bonds. The van der Waals surface area contributed by atoms with Crippen LogP contribution in [-0.4, -0.2) is 36.0 Å². The summed E-state index contributed by atoms with van der Waals surface area (Å²) in [5.41, 5.74) is 2.75. The number of amides is 2. The van der Waals surface area contributed by atoms with Crippen molar-refractivity contribution < 1.29 is 29.0 Å². The molecule has 2 aliphatic carbocycles. The fourth-order valence-electron chi connectivity index (χ4n) is 5.62. The molecule has 43 heavy (non-hydrogen) atoms. The lowest BCUT2D eigenvalue weighted by Gasteiger charge is -2.24. The summed E-state index contributed by atoms with van der Waals surface area (Å²) in [5.74, 6) is -3.47. The number of carboxylic acids is 1. The largest absolute Gasteiger partial charge is 0.481 e. The summed E-state index contributed by atoms with van der Waals surface area (Å²) in [6.45, 7) is 0. The molecule has 0 fully saturated rings. The smallest absolute Gasteiger partial charge is 0.341 e. The molecule has 2 aliphatic rings. The highest BCUT2D eigenvalue weighted by Gasteiger charge is 2.34. The molecule has 0 spiro atoms. The van der Waals surface area contributed by atoms with Crippen molar-refractivity contribution in [3.8, 4) is 0 Å². The summed E-state index contributed by atoms with van der Waals surface area (Å²) < 4.78 is 5.11. The number of benzene rings is 2. The number of carbonyl (C=O) groups is 4. The highest BCUT2D eigenvalue weighted by molar-refractivity contribution is 8.00. The summed E-state index contributed by atoms with van der Waals surface area (Å²) >= 11 is 2.78. The van der Waals surface area contributed by atoms with Gasteiger partial charge in [-0.1, -0.05) is 55.0 Å². The Bertz CT molecular complexity index is 1530. The maximum atomic E-state index is 13.9. The third-order valence-electron chi connectivity index (χ3n) is 7.83. The predicted octanol–water partition coefficient (Wildman–Crippen LogP) is 6.88. The van der Waals surface area contributed by atoms with Gasteiger partial charge in [-0.15, -0.1) is 23.1 Å². The van der Waals surface area contributed by atoms with E-state index in [0.29, 0.717) is 29.1 Å². The van der Waals surface area contributed by atoms with Gasteiger partial charge in [0, 0.05) is 15.5 Å². The average molecular weight is 619 g/mol. The quantitative estimate of drug-likeness (QED) is 0.103. The molecular weight excluding hydrogens is 585 g/mol. The van der Waals surface area contributed by atoms with Crippen LogP contribution in [0.15, 0.2) is 71.6 Å². The van der Waals surface area contributed by atoms with Crippen molar-refractivity contribution in [1.29, 1.82) is 0 Å². The third kappa shape index (κ3) is 7.19. The van der Waals surface area contributed by atoms with Gasteiger partial charge < -0.3 is 20.5 Å². The van der Waals surface area contributed by atoms with Crippen LogP contribution in [0.4, 0.5) is 10.7 Å². The normalized spacial score (nSPS) is 18.5. The molecule has 0 aliphatic heterocycles. The number of ether oxygens (including phenoxy) is 1. The number of hydrogen-bond donors (Lipinski definition) is 3. The molecule has 10 heteroatoms. The van der Waals surface area contributed by atoms with Crippen LogP contribution in [0.1, 0.15) is 63.7 Å². The van der Waals surface area contributed by atoms with E-state index in [1.807, 2.05) is 42.5 Å². The van der Waals surface area contributed by atoms with Crippen LogP contribution in [0.25, 0.3) is 0 Å². The van der Waals surface area contributed by atoms with Crippen molar-refractivity contribution in [2.45, 2.75) is 55.1 Å². The Labute approximate surface area is 258 Å². The molecule has 8 nitrogen and oxygen atoms in total. The van der Waals surface area contributed by atoms with Gasteiger partial charge in [0.25, 0.3) is 0 Å². The number of anilines is 2. The van der Waals surface area contributed by atoms with E-state index in [0.717, 1.165) is 53.0 Å². The van der Waals surface area contributed by atoms with Crippen LogP contribution in [0.2, 0.25) is 0 Å². The Morgan fingerprint density at radius 1 is 0.930 bits per heavy atom. The first-order valence-corrected chi connectivity index (χ1v) is 16.1. The second kappa shape index (κ2) is 14.1. The molecular formula is C33H34N2O6S2. The highest BCUT2D eigenvalue weighted by atomic mass is 32.2. The Morgan fingerprint density at radius 2 is 1.67 bits per heavy atom. The lowest BCUT2D eigenvalue weighted by molar-refractivity contribution is -0.146. The van der Waals surface area contributed by atoms with Gasteiger partial charge in [0.2, 0.25) is 11.8 Å². The van der Waals surface area contributed by atoms with Gasteiger partial charge >= 0.3 is 11.9 Å². The van der Waals surface area contributed by atoms with E-state index in [1.54, 1.807) is 24.3 Å². The first kappa shape index (κ1) is 30.6. The number of carboxylic acid groups (broad SMARTS) is 1. The molecule has 0 saturated heterocycles. The Morgan fingerprint density at radius 3 is 2.42 bits per heavy atom. The molecule has 3 atom stereocenters. The summed E-state index contributed by atoms with van der Waals surface area (Å²) in [4.78, 5) is 53.4. The van der Waals surface area contributed by atoms with Crippen LogP contribution >= 0.6 is 23.1 Å². The minimum atomic E-state index is -0.983. The van der Waals surface area contributed by atoms with Crippen molar-refractivity contribution in [1.82, 2.24) is 0 Å². The van der Waals surface area contributed by atoms with Crippen LogP contribution in [0, 0.1) is 11.8 Å². The van der Waals surface area contributed by atoms with Gasteiger partial charge in [0.15, 0.2) is 0 Å². The molecule has 0 bridgehead atoms. The maximum Gasteiger partial charge on any atom is 0.341 e. The average Bonchev–Trinajstić information content (AvgIpc) is 3.19. The standard InChI is InChI=1S/C33H34N2O6S2/c1-41-33(40)27-25-17-6-3-7-18-26(25)43-31(27)35-30(37)28(20-11-4-2-5-12-20)42-22-14-10-13-21(19-22)34-29(36)23-15-8-9-16-24(23)32(38)39/h2,4-5,8-14,19,23-24,28H,3,6-7,15-18H2,1H3,(H,34,36)(H,35,37)(H,38,39). The molecule has 224 valence electrons. The predicted molar refractivity (Wildman–Crippen MR) is 169 cm³/mol. The van der Waals surface area contributed by atoms with Gasteiger partial charge in [-0.25, -0.2) is 4.79 Å². The van der Waals surface area contributed by atoms with Crippen molar-refractivity contribution in [2.75, 3.05) is 17.7 Å². The molecule has 3 N–H and O–H groups in total. The minimum absolute atomic E-state index is 0.273. The number of rotatable bonds is 9. The number of fused-ring (bicyclic) bond motifs is 1. The van der Waals surface area contributed by atoms with Crippen LogP contribution in [-0.2, 0) is 32.0 Å². The number of nitrogens with one attached hydrogen (secondary N) is 2. The zero-order valence-corrected chi connectivity index (χ0v) is 25.5. The number of allylic oxidation sites excluding steroid dienone is 2. The maximum absolute atomic E-state index is 13.9. The second-order valence-corrected chi connectivity index (χ2v) is 13.0. The summed E-state index contributed by atoms with van der Waals surface area (Å²) in [6.07, 6.45) is 9.14. The zero-order valence-electron chi connectivity index (χ0n) is 23.8. The molecule has 5 rings (SSSR count). The first-order chi connectivity index (χ1) is 20.9. The van der Waals surface area contributed by atoms with Crippen LogP contribution in [0.5, 0.6) is 0 Å². The lowest BCUT2D eigenvalue weighted by atomic mass is 9.82. The molecule has 1 aromatic heterocycles. The van der Waals surface area contributed by atoms with E-state index in [4.69, 9.17) is 4.74 Å². The monoisotopic (exact) mass is 618 g/mol. The summed E-state index contributed by atoms with van der Waals surface area (Å²) in [6, 6.07) is 16.6. The van der Waals surface area contributed by atoms with E-state index in [2.05, 4.69) is 10.6 Å². The number of methoxy groups -OCH3 is 1. The Balaban J connectivity index is 1.38. The van der Waals surface area contributed by atoms with Crippen molar-refractivity contribution in [3.05, 3.63) is 88.3 Å². The second-order valence-electron chi connectivity index (χ2n) is 10.7. The fraction of sp³-hybridized carbons (Fsp3) is 0.333. The van der Waals surface area contributed by atoms with Gasteiger partial charge in [-0.05, 0) is 67.9 Å². The van der Waals surface area contributed by atoms with Gasteiger partial charge in [-0.3, -0.25) is 14.4 Å². The number of thioether (sulfide) groups is 1. The Kier molecular flexibility index (Phi) is 9.99. The third-order valence-corrected chi connectivity index (χ3v) is 10.3. The number of aryl methyl sites for hydroxylation is 1. The number of esters is 1. The summed E-state index contributed by atoms with van der Waals surface area (Å²) in [5, 5.41) is 15.4. The molecule has 3 aromatic rings. The van der Waals surface area contributed by atoms with Gasteiger partial charge in [0.1, 0.15) is 10.3 Å². The van der Waals surface area contributed by atoms with E-state index in [-0.39, 0.29) is 11.8 Å². The minimum Gasteiger partial charge on any atom is -0.481 e. The Hall–Kier alpha value is -3.89. The van der Waals surface area contributed by atoms with Crippen molar-refractivity contribution in [2.24, 2.45) is 11.8 Å². The van der Waals surface area contributed by atoms with E-state index >= 15 is 0 Å². The van der Waals surface area contributed by atoms with E-state index < -0.39 is 29.0 Å². The number of hydrogen-bond acceptors (Lipinski definition) is 7. The van der Waals surface area contributed by atoms with E-state index in [9.17, 15) is 24.3 Å². The van der Waals surface area contributed by atoms with Crippen LogP contribution in [0.3, 0.4) is 0 Å². The van der Waals surface area contributed by atoms with Crippen LogP contribution < -0.4 is 10.6 Å². The number of aliphatic carboxylic acids is 1. The fourth-order valence-corrected chi connectivity index (χ4v) is 7.99. The first-order valence-electron chi connectivity index (χ1n) is 14.4. The topological polar surface area (TPSA) is 122 Å². The number of carbonyl (C=O) groups excluding carboxylic acids is 3. The lowest BCUT2D eigenvalue weighted by Crippen LogP contribution is -2.34. The molecule has 0 saturated carbocycles. The van der Waals surface area contributed by atoms with Crippen molar-refractivity contribution >= 4 is 57.5 Å². The van der Waals surface area contributed by atoms with Gasteiger partial charge in [0.05, 0.1) is 24.5 Å². The highest BCUT2D eigenvalue weighted by Crippen LogP contribution is 2.41. The SMILES string of the molecule is COC(=O)c1c(NC(=O)C(Sc2cccc(NC(=O)C3CC=CCC3C(=O)O)c2)c2ccccc2)sc2c1CCCCC2.